The van der Waals surface area contributed by atoms with Crippen LogP contribution >= 0.6 is 23.2 Å². The van der Waals surface area contributed by atoms with Crippen molar-refractivity contribution in [2.24, 2.45) is 5.41 Å². The minimum atomic E-state index is -3.00. The monoisotopic (exact) mass is 465 g/mol. The van der Waals surface area contributed by atoms with Crippen LogP contribution in [-0.2, 0) is 5.92 Å². The third-order valence-corrected chi connectivity index (χ3v) is 5.70. The molecule has 0 aliphatic heterocycles. The lowest BCUT2D eigenvalue weighted by Crippen LogP contribution is -2.17. The second kappa shape index (κ2) is 8.03. The van der Waals surface area contributed by atoms with Gasteiger partial charge in [-0.1, -0.05) is 44.0 Å². The summed E-state index contributed by atoms with van der Waals surface area (Å²) in [7, 11) is 0. The van der Waals surface area contributed by atoms with Crippen molar-refractivity contribution in [3.05, 3.63) is 68.8 Å². The number of carbonyl (C=O) groups is 2. The minimum Gasteiger partial charge on any atom is -0.294 e. The minimum absolute atomic E-state index is 0.00453. The van der Waals surface area contributed by atoms with Crippen LogP contribution in [0.15, 0.2) is 36.5 Å². The molecule has 0 unspecified atom stereocenters. The molecule has 0 atom stereocenters. The quantitative estimate of drug-likeness (QED) is 0.370. The maximum Gasteiger partial charge on any atom is 0.270 e. The lowest BCUT2D eigenvalue weighted by atomic mass is 9.87. The fourth-order valence-corrected chi connectivity index (χ4v) is 4.21. The molecule has 0 fully saturated rings. The predicted molar refractivity (Wildman–Crippen MR) is 121 cm³/mol. The van der Waals surface area contributed by atoms with Crippen LogP contribution in [0.3, 0.4) is 0 Å². The van der Waals surface area contributed by atoms with E-state index in [0.717, 1.165) is 6.92 Å². The van der Waals surface area contributed by atoms with E-state index in [4.69, 9.17) is 23.2 Å². The van der Waals surface area contributed by atoms with Crippen molar-refractivity contribution in [3.8, 4) is 0 Å². The highest BCUT2D eigenvalue weighted by atomic mass is 35.5. The van der Waals surface area contributed by atoms with Gasteiger partial charge in [-0.3, -0.25) is 14.2 Å². The Morgan fingerprint density at radius 3 is 2.26 bits per heavy atom. The van der Waals surface area contributed by atoms with Gasteiger partial charge in [0.1, 0.15) is 0 Å². The van der Waals surface area contributed by atoms with E-state index in [1.54, 1.807) is 13.0 Å². The summed E-state index contributed by atoms with van der Waals surface area (Å²) in [5.74, 6) is -3.72. The van der Waals surface area contributed by atoms with Gasteiger partial charge in [-0.05, 0) is 48.2 Å². The number of hydrogen-bond acceptors (Lipinski definition) is 2. The number of rotatable bonds is 4. The number of carbonyl (C=O) groups excluding carboxylic acids is 2. The molecule has 0 bridgehead atoms. The number of benzene rings is 2. The zero-order valence-electron chi connectivity index (χ0n) is 17.9. The number of hydrogen-bond donors (Lipinski definition) is 0. The average Bonchev–Trinajstić information content (AvgIpc) is 3.04. The molecule has 0 radical (unpaired) electrons. The third-order valence-electron chi connectivity index (χ3n) is 5.00. The average molecular weight is 466 g/mol. The first kappa shape index (κ1) is 23.4. The van der Waals surface area contributed by atoms with E-state index >= 15 is 0 Å². The second-order valence-electron chi connectivity index (χ2n) is 9.05. The summed E-state index contributed by atoms with van der Waals surface area (Å²) in [6.07, 6.45) is 1.75. The molecule has 1 aromatic heterocycles. The van der Waals surface area contributed by atoms with E-state index < -0.39 is 11.8 Å². The van der Waals surface area contributed by atoms with E-state index in [1.807, 2.05) is 20.8 Å². The first-order valence-corrected chi connectivity index (χ1v) is 10.5. The fourth-order valence-electron chi connectivity index (χ4n) is 3.58. The first-order chi connectivity index (χ1) is 14.2. The number of nitrogens with zero attached hydrogens (tertiary/aromatic N) is 1. The standard InChI is InChI=1S/C24H23Cl2F2NO2/c1-13-10-15(24(5,27)28)11-14-8-9-29(21(13)14)22(31)19-17(25)7-6-16(20(19)26)18(30)12-23(2,3)4/h6-11H,12H2,1-5H3. The van der Waals surface area contributed by atoms with Gasteiger partial charge >= 0.3 is 0 Å². The number of fused-ring (bicyclic) bond motifs is 1. The van der Waals surface area contributed by atoms with E-state index in [9.17, 15) is 18.4 Å². The number of ketones is 1. The van der Waals surface area contributed by atoms with Crippen molar-refractivity contribution in [1.29, 1.82) is 0 Å². The van der Waals surface area contributed by atoms with Gasteiger partial charge in [0.2, 0.25) is 0 Å². The van der Waals surface area contributed by atoms with Crippen molar-refractivity contribution in [1.82, 2.24) is 4.57 Å². The highest BCUT2D eigenvalue weighted by molar-refractivity contribution is 6.42. The number of aryl methyl sites for hydroxylation is 1. The normalized spacial score (nSPS) is 12.4. The van der Waals surface area contributed by atoms with Gasteiger partial charge < -0.3 is 0 Å². The zero-order chi connectivity index (χ0) is 23.3. The van der Waals surface area contributed by atoms with Crippen molar-refractivity contribution >= 4 is 45.8 Å². The largest absolute Gasteiger partial charge is 0.294 e. The summed E-state index contributed by atoms with van der Waals surface area (Å²) in [4.78, 5) is 26.1. The Morgan fingerprint density at radius 1 is 1.03 bits per heavy atom. The summed E-state index contributed by atoms with van der Waals surface area (Å²) in [5, 5.41) is 0.596. The predicted octanol–water partition coefficient (Wildman–Crippen LogP) is 7.68. The van der Waals surface area contributed by atoms with Gasteiger partial charge in [0, 0.05) is 36.1 Å². The Labute approximate surface area is 189 Å². The Kier molecular flexibility index (Phi) is 6.07. The molecule has 0 saturated carbocycles. The molecule has 0 saturated heterocycles. The summed E-state index contributed by atoms with van der Waals surface area (Å²) in [6.45, 7) is 8.29. The smallest absolute Gasteiger partial charge is 0.270 e. The zero-order valence-corrected chi connectivity index (χ0v) is 19.5. The molecule has 0 amide bonds. The van der Waals surface area contributed by atoms with Crippen molar-refractivity contribution in [3.63, 3.8) is 0 Å². The summed E-state index contributed by atoms with van der Waals surface area (Å²) >= 11 is 12.8. The van der Waals surface area contributed by atoms with Gasteiger partial charge in [0.15, 0.2) is 5.78 Å². The molecule has 7 heteroatoms. The van der Waals surface area contributed by atoms with Crippen molar-refractivity contribution in [2.75, 3.05) is 0 Å². The molecule has 3 aromatic rings. The number of Topliss-reactive ketones (excluding diaryl/α,β-unsaturated/α-hetero) is 1. The van der Waals surface area contributed by atoms with Crippen LogP contribution in [0.25, 0.3) is 10.9 Å². The van der Waals surface area contributed by atoms with Crippen LogP contribution in [-0.4, -0.2) is 16.3 Å². The van der Waals surface area contributed by atoms with Gasteiger partial charge in [-0.15, -0.1) is 0 Å². The highest BCUT2D eigenvalue weighted by Gasteiger charge is 2.28. The van der Waals surface area contributed by atoms with Gasteiger partial charge in [-0.2, -0.15) is 0 Å². The molecule has 164 valence electrons. The Bertz CT molecular complexity index is 1200. The van der Waals surface area contributed by atoms with Crippen molar-refractivity contribution < 1.29 is 18.4 Å². The molecule has 0 N–H and O–H groups in total. The molecule has 0 spiro atoms. The van der Waals surface area contributed by atoms with Crippen LogP contribution in [0, 0.1) is 12.3 Å². The Balaban J connectivity index is 2.13. The topological polar surface area (TPSA) is 39.1 Å². The van der Waals surface area contributed by atoms with Crippen LogP contribution in [0.4, 0.5) is 8.78 Å². The number of alkyl halides is 2. The molecular weight excluding hydrogens is 443 g/mol. The van der Waals surface area contributed by atoms with E-state index in [0.29, 0.717) is 16.5 Å². The van der Waals surface area contributed by atoms with Crippen LogP contribution < -0.4 is 0 Å². The maximum atomic E-state index is 13.8. The molecule has 0 aliphatic rings. The molecule has 3 nitrogen and oxygen atoms in total. The molecule has 1 heterocycles. The van der Waals surface area contributed by atoms with Crippen LogP contribution in [0.5, 0.6) is 0 Å². The lowest BCUT2D eigenvalue weighted by molar-refractivity contribution is 0.0175. The van der Waals surface area contributed by atoms with E-state index in [-0.39, 0.29) is 44.4 Å². The second-order valence-corrected chi connectivity index (χ2v) is 9.84. The fraction of sp³-hybridized carbons (Fsp3) is 0.333. The number of halogens is 4. The van der Waals surface area contributed by atoms with Crippen LogP contribution in [0.2, 0.25) is 10.0 Å². The van der Waals surface area contributed by atoms with Gasteiger partial charge in [-0.25, -0.2) is 8.78 Å². The van der Waals surface area contributed by atoms with Gasteiger partial charge in [0.25, 0.3) is 11.8 Å². The highest BCUT2D eigenvalue weighted by Crippen LogP contribution is 2.35. The van der Waals surface area contributed by atoms with E-state index in [1.165, 1.54) is 35.0 Å². The number of aromatic nitrogens is 1. The third kappa shape index (κ3) is 4.68. The summed E-state index contributed by atoms with van der Waals surface area (Å²) in [6, 6.07) is 7.30. The van der Waals surface area contributed by atoms with Gasteiger partial charge in [0.05, 0.1) is 21.1 Å². The molecule has 2 aromatic carbocycles. The van der Waals surface area contributed by atoms with E-state index in [2.05, 4.69) is 0 Å². The van der Waals surface area contributed by atoms with Crippen molar-refractivity contribution in [2.45, 2.75) is 47.0 Å². The lowest BCUT2D eigenvalue weighted by Gasteiger charge is -2.18. The molecular formula is C24H23Cl2F2NO2. The summed E-state index contributed by atoms with van der Waals surface area (Å²) < 4.78 is 28.9. The summed E-state index contributed by atoms with van der Waals surface area (Å²) in [5.41, 5.74) is 0.844. The maximum absolute atomic E-state index is 13.8. The Hall–Kier alpha value is -2.24. The Morgan fingerprint density at radius 2 is 1.68 bits per heavy atom. The molecule has 3 rings (SSSR count). The van der Waals surface area contributed by atoms with Crippen LogP contribution in [0.1, 0.15) is 66.0 Å². The SMILES string of the molecule is Cc1cc(C(C)(F)F)cc2ccn(C(=O)c3c(Cl)ccc(C(=O)CC(C)(C)C)c3Cl)c12. The molecule has 0 aliphatic carbocycles. The molecule has 31 heavy (non-hydrogen) atoms. The first-order valence-electron chi connectivity index (χ1n) is 9.76.